The standard InChI is InChI=1S/C17H22FN3O3S/c1-12-4-5-15(18)14(8-12)17-19-6-7-21(17)16-10-24-9-13(16)11-25(22,23)20(2)3/h4-8,13,16H,9-11H2,1-3H3/t13-,16-/m1/s1. The Hall–Kier alpha value is -1.77. The Morgan fingerprint density at radius 1 is 1.36 bits per heavy atom. The summed E-state index contributed by atoms with van der Waals surface area (Å²) in [6.45, 7) is 2.62. The number of aryl methyl sites for hydroxylation is 1. The van der Waals surface area contributed by atoms with Crippen molar-refractivity contribution in [1.82, 2.24) is 13.9 Å². The van der Waals surface area contributed by atoms with Crippen LogP contribution in [0.1, 0.15) is 11.6 Å². The van der Waals surface area contributed by atoms with Crippen molar-refractivity contribution in [2.24, 2.45) is 5.92 Å². The van der Waals surface area contributed by atoms with Gasteiger partial charge < -0.3 is 9.30 Å². The average Bonchev–Trinajstić information content (AvgIpc) is 3.17. The Kier molecular flexibility index (Phi) is 4.95. The van der Waals surface area contributed by atoms with E-state index in [0.29, 0.717) is 24.6 Å². The van der Waals surface area contributed by atoms with Gasteiger partial charge in [0.25, 0.3) is 0 Å². The van der Waals surface area contributed by atoms with E-state index in [9.17, 15) is 12.8 Å². The zero-order valence-corrected chi connectivity index (χ0v) is 15.3. The maximum absolute atomic E-state index is 14.3. The van der Waals surface area contributed by atoms with Crippen molar-refractivity contribution in [2.45, 2.75) is 13.0 Å². The van der Waals surface area contributed by atoms with Crippen LogP contribution in [0.3, 0.4) is 0 Å². The molecule has 0 bridgehead atoms. The van der Waals surface area contributed by atoms with E-state index in [2.05, 4.69) is 4.98 Å². The summed E-state index contributed by atoms with van der Waals surface area (Å²) in [4.78, 5) is 4.31. The van der Waals surface area contributed by atoms with Crippen LogP contribution in [0.25, 0.3) is 11.4 Å². The normalized spacial score (nSPS) is 21.2. The zero-order chi connectivity index (χ0) is 18.2. The fourth-order valence-electron chi connectivity index (χ4n) is 3.07. The summed E-state index contributed by atoms with van der Waals surface area (Å²) in [5.41, 5.74) is 1.34. The van der Waals surface area contributed by atoms with Crippen molar-refractivity contribution >= 4 is 10.0 Å². The minimum Gasteiger partial charge on any atom is -0.379 e. The van der Waals surface area contributed by atoms with Gasteiger partial charge in [-0.3, -0.25) is 0 Å². The maximum atomic E-state index is 14.3. The lowest BCUT2D eigenvalue weighted by Gasteiger charge is -2.22. The number of sulfonamides is 1. The topological polar surface area (TPSA) is 64.4 Å². The fraction of sp³-hybridized carbons (Fsp3) is 0.471. The number of imidazole rings is 1. The third-order valence-corrected chi connectivity index (χ3v) is 6.50. The van der Waals surface area contributed by atoms with Crippen LogP contribution in [-0.2, 0) is 14.8 Å². The van der Waals surface area contributed by atoms with Crippen LogP contribution in [0.15, 0.2) is 30.6 Å². The van der Waals surface area contributed by atoms with Gasteiger partial charge in [-0.05, 0) is 19.1 Å². The summed E-state index contributed by atoms with van der Waals surface area (Å²) < 4.78 is 47.4. The minimum absolute atomic E-state index is 0.0153. The van der Waals surface area contributed by atoms with Crippen LogP contribution >= 0.6 is 0 Å². The highest BCUT2D eigenvalue weighted by Crippen LogP contribution is 2.32. The molecule has 0 unspecified atom stereocenters. The van der Waals surface area contributed by atoms with E-state index in [-0.39, 0.29) is 23.5 Å². The molecule has 0 radical (unpaired) electrons. The number of hydrogen-bond acceptors (Lipinski definition) is 4. The van der Waals surface area contributed by atoms with Crippen molar-refractivity contribution in [3.8, 4) is 11.4 Å². The second kappa shape index (κ2) is 6.86. The summed E-state index contributed by atoms with van der Waals surface area (Å²) in [6, 6.07) is 4.67. The predicted molar refractivity (Wildman–Crippen MR) is 93.2 cm³/mol. The molecule has 136 valence electrons. The molecule has 2 aromatic rings. The molecule has 6 nitrogen and oxygen atoms in total. The number of benzene rings is 1. The molecule has 1 aromatic carbocycles. The van der Waals surface area contributed by atoms with Crippen LogP contribution in [-0.4, -0.2) is 55.3 Å². The molecule has 1 aliphatic rings. The molecular weight excluding hydrogens is 345 g/mol. The molecule has 2 heterocycles. The second-order valence-electron chi connectivity index (χ2n) is 6.57. The highest BCUT2D eigenvalue weighted by Gasteiger charge is 2.35. The van der Waals surface area contributed by atoms with Gasteiger partial charge >= 0.3 is 0 Å². The maximum Gasteiger partial charge on any atom is 0.214 e. The first kappa shape index (κ1) is 18.0. The van der Waals surface area contributed by atoms with Crippen molar-refractivity contribution in [2.75, 3.05) is 33.1 Å². The molecule has 0 amide bonds. The molecular formula is C17H22FN3O3S. The van der Waals surface area contributed by atoms with Crippen LogP contribution < -0.4 is 0 Å². The minimum atomic E-state index is -3.35. The fourth-order valence-corrected chi connectivity index (χ4v) is 4.23. The number of halogens is 1. The summed E-state index contributed by atoms with van der Waals surface area (Å²) in [5.74, 6) is -0.0925. The molecule has 1 aliphatic heterocycles. The van der Waals surface area contributed by atoms with Crippen LogP contribution in [0.2, 0.25) is 0 Å². The lowest BCUT2D eigenvalue weighted by atomic mass is 10.0. The lowest BCUT2D eigenvalue weighted by Crippen LogP contribution is -2.32. The molecule has 0 saturated carbocycles. The molecule has 0 N–H and O–H groups in total. The van der Waals surface area contributed by atoms with Crippen LogP contribution in [0, 0.1) is 18.7 Å². The first-order valence-electron chi connectivity index (χ1n) is 8.07. The molecule has 25 heavy (non-hydrogen) atoms. The van der Waals surface area contributed by atoms with E-state index >= 15 is 0 Å². The van der Waals surface area contributed by atoms with Gasteiger partial charge in [0, 0.05) is 32.4 Å². The Bertz CT molecular complexity index is 864. The van der Waals surface area contributed by atoms with Crippen molar-refractivity contribution in [1.29, 1.82) is 0 Å². The van der Waals surface area contributed by atoms with Gasteiger partial charge in [-0.2, -0.15) is 0 Å². The van der Waals surface area contributed by atoms with Crippen molar-refractivity contribution in [3.05, 3.63) is 42.0 Å². The highest BCUT2D eigenvalue weighted by molar-refractivity contribution is 7.89. The molecule has 3 rings (SSSR count). The van der Waals surface area contributed by atoms with E-state index in [1.54, 1.807) is 24.5 Å². The molecule has 8 heteroatoms. The molecule has 1 saturated heterocycles. The van der Waals surface area contributed by atoms with Crippen molar-refractivity contribution < 1.29 is 17.5 Å². The Balaban J connectivity index is 1.95. The third-order valence-electron chi connectivity index (χ3n) is 4.53. The number of aromatic nitrogens is 2. The van der Waals surface area contributed by atoms with Gasteiger partial charge in [0.1, 0.15) is 11.6 Å². The first-order chi connectivity index (χ1) is 11.8. The average molecular weight is 367 g/mol. The second-order valence-corrected chi connectivity index (χ2v) is 8.79. The summed E-state index contributed by atoms with van der Waals surface area (Å²) in [6.07, 6.45) is 3.36. The molecule has 0 spiro atoms. The molecule has 0 aliphatic carbocycles. The summed E-state index contributed by atoms with van der Waals surface area (Å²) >= 11 is 0. The Morgan fingerprint density at radius 2 is 2.12 bits per heavy atom. The number of nitrogens with zero attached hydrogens (tertiary/aromatic N) is 3. The number of hydrogen-bond donors (Lipinski definition) is 0. The van der Waals surface area contributed by atoms with E-state index in [1.165, 1.54) is 24.5 Å². The highest BCUT2D eigenvalue weighted by atomic mass is 32.2. The van der Waals surface area contributed by atoms with Crippen LogP contribution in [0.5, 0.6) is 0 Å². The predicted octanol–water partition coefficient (Wildman–Crippen LogP) is 2.08. The van der Waals surface area contributed by atoms with Gasteiger partial charge in [0.2, 0.25) is 10.0 Å². The monoisotopic (exact) mass is 367 g/mol. The summed E-state index contributed by atoms with van der Waals surface area (Å²) in [5, 5.41) is 0. The van der Waals surface area contributed by atoms with Gasteiger partial charge in [-0.1, -0.05) is 11.6 Å². The molecule has 2 atom stereocenters. The van der Waals surface area contributed by atoms with E-state index in [0.717, 1.165) is 5.56 Å². The van der Waals surface area contributed by atoms with E-state index < -0.39 is 10.0 Å². The molecule has 1 aromatic heterocycles. The first-order valence-corrected chi connectivity index (χ1v) is 9.68. The smallest absolute Gasteiger partial charge is 0.214 e. The van der Waals surface area contributed by atoms with Gasteiger partial charge in [0.15, 0.2) is 0 Å². The Morgan fingerprint density at radius 3 is 2.84 bits per heavy atom. The quantitative estimate of drug-likeness (QED) is 0.812. The third kappa shape index (κ3) is 3.61. The number of rotatable bonds is 5. The Labute approximate surface area is 147 Å². The van der Waals surface area contributed by atoms with E-state index in [4.69, 9.17) is 4.74 Å². The van der Waals surface area contributed by atoms with Gasteiger partial charge in [0.05, 0.1) is 30.6 Å². The lowest BCUT2D eigenvalue weighted by molar-refractivity contribution is 0.182. The van der Waals surface area contributed by atoms with Crippen LogP contribution in [0.4, 0.5) is 4.39 Å². The number of ether oxygens (including phenoxy) is 1. The largest absolute Gasteiger partial charge is 0.379 e. The SMILES string of the molecule is Cc1ccc(F)c(-c2nccn2[C@@H]2COC[C@@H]2CS(=O)(=O)N(C)C)c1. The van der Waals surface area contributed by atoms with Crippen molar-refractivity contribution in [3.63, 3.8) is 0 Å². The van der Waals surface area contributed by atoms with Gasteiger partial charge in [-0.15, -0.1) is 0 Å². The van der Waals surface area contributed by atoms with E-state index in [1.807, 2.05) is 11.5 Å². The summed E-state index contributed by atoms with van der Waals surface area (Å²) in [7, 11) is -0.315. The van der Waals surface area contributed by atoms with Gasteiger partial charge in [-0.25, -0.2) is 22.1 Å². The zero-order valence-electron chi connectivity index (χ0n) is 14.5. The molecule has 1 fully saturated rings.